The van der Waals surface area contributed by atoms with Gasteiger partial charge >= 0.3 is 0 Å². The Morgan fingerprint density at radius 1 is 1.35 bits per heavy atom. The third-order valence-electron chi connectivity index (χ3n) is 4.32. The van der Waals surface area contributed by atoms with Crippen molar-refractivity contribution < 1.29 is 9.53 Å². The number of fused-ring (bicyclic) bond motifs is 1. The quantitative estimate of drug-likeness (QED) is 0.908. The number of hydrogen-bond acceptors (Lipinski definition) is 4. The van der Waals surface area contributed by atoms with E-state index in [9.17, 15) is 4.79 Å². The van der Waals surface area contributed by atoms with Gasteiger partial charge in [0.05, 0.1) is 12.1 Å². The number of nitrogens with zero attached hydrogens (tertiary/aromatic N) is 1. The summed E-state index contributed by atoms with van der Waals surface area (Å²) in [5.41, 5.74) is 1.47. The van der Waals surface area contributed by atoms with Crippen molar-refractivity contribution >= 4 is 16.7 Å². The van der Waals surface area contributed by atoms with E-state index in [0.29, 0.717) is 13.2 Å². The minimum atomic E-state index is -0.530. The van der Waals surface area contributed by atoms with E-state index in [2.05, 4.69) is 27.8 Å². The van der Waals surface area contributed by atoms with Crippen LogP contribution in [0.15, 0.2) is 30.5 Å². The van der Waals surface area contributed by atoms with E-state index in [0.717, 1.165) is 28.6 Å². The second-order valence-corrected chi connectivity index (χ2v) is 6.48. The largest absolute Gasteiger partial charge is 0.366 e. The van der Waals surface area contributed by atoms with Gasteiger partial charge in [-0.1, -0.05) is 24.3 Å². The van der Waals surface area contributed by atoms with Crippen LogP contribution in [0.5, 0.6) is 0 Å². The lowest BCUT2D eigenvalue weighted by Gasteiger charge is -2.31. The van der Waals surface area contributed by atoms with Crippen LogP contribution in [0, 0.1) is 6.92 Å². The molecular weight excluding hydrogens is 290 g/mol. The maximum atomic E-state index is 12.5. The molecule has 0 unspecified atom stereocenters. The van der Waals surface area contributed by atoms with E-state index in [4.69, 9.17) is 4.74 Å². The van der Waals surface area contributed by atoms with Gasteiger partial charge in [-0.25, -0.2) is 0 Å². The zero-order valence-electron chi connectivity index (χ0n) is 13.8. The van der Waals surface area contributed by atoms with Crippen LogP contribution in [0.3, 0.4) is 0 Å². The number of hydrogen-bond donors (Lipinski definition) is 2. The number of morpholine rings is 1. The number of benzene rings is 1. The van der Waals surface area contributed by atoms with Gasteiger partial charge in [-0.2, -0.15) is 0 Å². The number of pyridine rings is 1. The highest BCUT2D eigenvalue weighted by atomic mass is 16.5. The molecule has 5 heteroatoms. The topological polar surface area (TPSA) is 63.2 Å². The van der Waals surface area contributed by atoms with Crippen LogP contribution in [0.25, 0.3) is 10.8 Å². The van der Waals surface area contributed by atoms with Gasteiger partial charge in [0.1, 0.15) is 6.10 Å². The smallest absolute Gasteiger partial charge is 0.251 e. The summed E-state index contributed by atoms with van der Waals surface area (Å²) in [5, 5.41) is 8.52. The summed E-state index contributed by atoms with van der Waals surface area (Å²) in [6.07, 6.45) is 1.42. The van der Waals surface area contributed by atoms with E-state index in [1.807, 2.05) is 39.1 Å². The summed E-state index contributed by atoms with van der Waals surface area (Å²) in [5.74, 6) is -0.0909. The van der Waals surface area contributed by atoms with Crippen molar-refractivity contribution in [2.75, 3.05) is 19.7 Å². The van der Waals surface area contributed by atoms with Crippen LogP contribution in [-0.4, -0.2) is 36.7 Å². The first-order chi connectivity index (χ1) is 11.0. The Kier molecular flexibility index (Phi) is 4.33. The summed E-state index contributed by atoms with van der Waals surface area (Å²) < 4.78 is 5.54. The highest BCUT2D eigenvalue weighted by molar-refractivity contribution is 5.89. The number of nitrogens with one attached hydrogen (secondary N) is 2. The van der Waals surface area contributed by atoms with Crippen molar-refractivity contribution in [3.8, 4) is 0 Å². The Hall–Kier alpha value is -1.98. The molecule has 1 saturated heterocycles. The number of rotatable bonds is 3. The number of amides is 1. The molecule has 3 rings (SSSR count). The minimum absolute atomic E-state index is 0.0909. The van der Waals surface area contributed by atoms with Gasteiger partial charge in [-0.3, -0.25) is 9.78 Å². The van der Waals surface area contributed by atoms with E-state index < -0.39 is 11.6 Å². The Labute approximate surface area is 136 Å². The van der Waals surface area contributed by atoms with Crippen LogP contribution in [0.2, 0.25) is 0 Å². The Morgan fingerprint density at radius 3 is 2.78 bits per heavy atom. The zero-order valence-corrected chi connectivity index (χ0v) is 13.8. The van der Waals surface area contributed by atoms with Crippen molar-refractivity contribution in [3.63, 3.8) is 0 Å². The van der Waals surface area contributed by atoms with Crippen LogP contribution in [-0.2, 0) is 15.1 Å². The van der Waals surface area contributed by atoms with Gasteiger partial charge in [0.15, 0.2) is 0 Å². The van der Waals surface area contributed by atoms with Crippen molar-refractivity contribution in [3.05, 3.63) is 41.7 Å². The third-order valence-corrected chi connectivity index (χ3v) is 4.32. The molecule has 2 heterocycles. The fourth-order valence-electron chi connectivity index (χ4n) is 3.02. The minimum Gasteiger partial charge on any atom is -0.366 e. The van der Waals surface area contributed by atoms with Crippen LogP contribution in [0.4, 0.5) is 0 Å². The number of aryl methyl sites for hydroxylation is 1. The van der Waals surface area contributed by atoms with E-state index in [-0.39, 0.29) is 5.91 Å². The third kappa shape index (κ3) is 3.21. The average Bonchev–Trinajstić information content (AvgIpc) is 2.55. The van der Waals surface area contributed by atoms with E-state index in [1.54, 1.807) is 0 Å². The number of ether oxygens (including phenoxy) is 1. The molecule has 1 aromatic heterocycles. The monoisotopic (exact) mass is 313 g/mol. The van der Waals surface area contributed by atoms with Crippen LogP contribution in [0.1, 0.15) is 25.1 Å². The maximum Gasteiger partial charge on any atom is 0.251 e. The summed E-state index contributed by atoms with van der Waals surface area (Å²) in [6, 6.07) is 8.16. The molecule has 0 spiro atoms. The highest BCUT2D eigenvalue weighted by Gasteiger charge is 2.30. The predicted molar refractivity (Wildman–Crippen MR) is 90.3 cm³/mol. The molecule has 1 atom stereocenters. The molecule has 23 heavy (non-hydrogen) atoms. The fourth-order valence-corrected chi connectivity index (χ4v) is 3.02. The SMILES string of the molecule is Cc1ncc(C(C)(C)NC(=O)[C@H]2CNCCO2)c2ccccc12. The van der Waals surface area contributed by atoms with Crippen molar-refractivity contribution in [1.29, 1.82) is 0 Å². The van der Waals surface area contributed by atoms with Gasteiger partial charge in [-0.05, 0) is 26.2 Å². The highest BCUT2D eigenvalue weighted by Crippen LogP contribution is 2.29. The number of carbonyl (C=O) groups is 1. The van der Waals surface area contributed by atoms with Gasteiger partial charge in [0.2, 0.25) is 0 Å². The molecule has 1 aromatic carbocycles. The Morgan fingerprint density at radius 2 is 2.09 bits per heavy atom. The molecule has 1 aliphatic rings. The second-order valence-electron chi connectivity index (χ2n) is 6.48. The molecule has 1 aliphatic heterocycles. The van der Waals surface area contributed by atoms with Gasteiger partial charge in [0.25, 0.3) is 5.91 Å². The zero-order chi connectivity index (χ0) is 16.4. The van der Waals surface area contributed by atoms with E-state index in [1.165, 1.54) is 0 Å². The second kappa shape index (κ2) is 6.26. The molecular formula is C18H23N3O2. The summed E-state index contributed by atoms with van der Waals surface area (Å²) in [6.45, 7) is 7.90. The normalized spacial score (nSPS) is 18.8. The Balaban J connectivity index is 1.90. The number of aromatic nitrogens is 1. The van der Waals surface area contributed by atoms with Gasteiger partial charge in [-0.15, -0.1) is 0 Å². The van der Waals surface area contributed by atoms with Gasteiger partial charge < -0.3 is 15.4 Å². The first-order valence-electron chi connectivity index (χ1n) is 7.98. The summed E-state index contributed by atoms with van der Waals surface area (Å²) >= 11 is 0. The molecule has 5 nitrogen and oxygen atoms in total. The molecule has 2 N–H and O–H groups in total. The molecule has 1 amide bonds. The first kappa shape index (κ1) is 15.9. The molecule has 1 fully saturated rings. The molecule has 0 aliphatic carbocycles. The van der Waals surface area contributed by atoms with Crippen molar-refractivity contribution in [2.24, 2.45) is 0 Å². The van der Waals surface area contributed by atoms with Gasteiger partial charge in [0, 0.05) is 35.9 Å². The standard InChI is InChI=1S/C18H23N3O2/c1-12-13-6-4-5-7-14(13)15(10-20-12)18(2,3)21-17(22)16-11-19-8-9-23-16/h4-7,10,16,19H,8-9,11H2,1-3H3,(H,21,22)/t16-/m1/s1. The van der Waals surface area contributed by atoms with Crippen molar-refractivity contribution in [2.45, 2.75) is 32.4 Å². The lowest BCUT2D eigenvalue weighted by molar-refractivity contribution is -0.136. The summed E-state index contributed by atoms with van der Waals surface area (Å²) in [7, 11) is 0. The molecule has 2 aromatic rings. The molecule has 122 valence electrons. The average molecular weight is 313 g/mol. The van der Waals surface area contributed by atoms with E-state index >= 15 is 0 Å². The fraction of sp³-hybridized carbons (Fsp3) is 0.444. The Bertz CT molecular complexity index is 721. The van der Waals surface area contributed by atoms with Crippen LogP contribution >= 0.6 is 0 Å². The lowest BCUT2D eigenvalue weighted by Crippen LogP contribution is -2.52. The van der Waals surface area contributed by atoms with Crippen molar-refractivity contribution in [1.82, 2.24) is 15.6 Å². The first-order valence-corrected chi connectivity index (χ1v) is 7.98. The maximum absolute atomic E-state index is 12.5. The number of carbonyl (C=O) groups excluding carboxylic acids is 1. The molecule has 0 saturated carbocycles. The molecule has 0 radical (unpaired) electrons. The van der Waals surface area contributed by atoms with Crippen LogP contribution < -0.4 is 10.6 Å². The predicted octanol–water partition coefficient (Wildman–Crippen LogP) is 1.88. The summed E-state index contributed by atoms with van der Waals surface area (Å²) in [4.78, 5) is 17.0. The molecule has 0 bridgehead atoms. The lowest BCUT2D eigenvalue weighted by atomic mass is 9.90.